The number of phenolic OH excluding ortho intramolecular Hbond substituents is 1. The number of amides is 1. The van der Waals surface area contributed by atoms with Crippen molar-refractivity contribution in [3.8, 4) is 17.0 Å². The van der Waals surface area contributed by atoms with Crippen LogP contribution in [0.3, 0.4) is 0 Å². The highest BCUT2D eigenvalue weighted by Gasteiger charge is 2.29. The molecule has 0 bridgehead atoms. The van der Waals surface area contributed by atoms with E-state index in [0.29, 0.717) is 19.6 Å². The van der Waals surface area contributed by atoms with E-state index < -0.39 is 0 Å². The first-order valence-corrected chi connectivity index (χ1v) is 10.8. The second kappa shape index (κ2) is 8.30. The van der Waals surface area contributed by atoms with Crippen LogP contribution in [0, 0.1) is 0 Å². The maximum Gasteiger partial charge on any atom is 0.253 e. The number of aromatic nitrogens is 2. The molecule has 1 saturated heterocycles. The molecule has 6 heteroatoms. The highest BCUT2D eigenvalue weighted by atomic mass is 16.3. The summed E-state index contributed by atoms with van der Waals surface area (Å²) in [5, 5.41) is 20.8. The fourth-order valence-corrected chi connectivity index (χ4v) is 4.35. The van der Waals surface area contributed by atoms with Crippen molar-refractivity contribution in [3.63, 3.8) is 0 Å². The first kappa shape index (κ1) is 20.0. The maximum atomic E-state index is 12.9. The summed E-state index contributed by atoms with van der Waals surface area (Å²) < 4.78 is 0. The first-order chi connectivity index (χ1) is 15.6. The number of benzene rings is 3. The van der Waals surface area contributed by atoms with Crippen LogP contribution in [0.2, 0.25) is 0 Å². The number of hydrogen-bond acceptors (Lipinski definition) is 5. The molecule has 1 N–H and O–H groups in total. The summed E-state index contributed by atoms with van der Waals surface area (Å²) in [5.74, 6) is 1.12. The van der Waals surface area contributed by atoms with Crippen LogP contribution < -0.4 is 4.90 Å². The lowest BCUT2D eigenvalue weighted by Crippen LogP contribution is -2.54. The number of phenols is 1. The molecule has 1 aliphatic rings. The molecule has 4 aromatic rings. The van der Waals surface area contributed by atoms with Gasteiger partial charge in [-0.25, -0.2) is 0 Å². The number of nitrogens with zero attached hydrogens (tertiary/aromatic N) is 4. The molecule has 3 aromatic carbocycles. The fraction of sp³-hybridized carbons (Fsp3) is 0.192. The van der Waals surface area contributed by atoms with Gasteiger partial charge in [0, 0.05) is 47.6 Å². The van der Waals surface area contributed by atoms with Crippen LogP contribution in [-0.4, -0.2) is 51.8 Å². The SMILES string of the molecule is CC1CN(C(=O)c2ccccc2)CCN1c1nnc(-c2ccc(O)cc2)c2ccccc12. The Morgan fingerprint density at radius 1 is 0.875 bits per heavy atom. The maximum absolute atomic E-state index is 12.9. The van der Waals surface area contributed by atoms with Crippen LogP contribution in [0.15, 0.2) is 78.9 Å². The third-order valence-electron chi connectivity index (χ3n) is 6.02. The molecular weight excluding hydrogens is 400 g/mol. The fourth-order valence-electron chi connectivity index (χ4n) is 4.35. The third kappa shape index (κ3) is 3.64. The van der Waals surface area contributed by atoms with E-state index in [9.17, 15) is 9.90 Å². The lowest BCUT2D eigenvalue weighted by Gasteiger charge is -2.40. The zero-order valence-electron chi connectivity index (χ0n) is 17.8. The Balaban J connectivity index is 1.45. The van der Waals surface area contributed by atoms with Gasteiger partial charge in [0.2, 0.25) is 0 Å². The monoisotopic (exact) mass is 424 g/mol. The number of aromatic hydroxyl groups is 1. The van der Waals surface area contributed by atoms with E-state index in [2.05, 4.69) is 34.2 Å². The zero-order valence-corrected chi connectivity index (χ0v) is 17.8. The van der Waals surface area contributed by atoms with Gasteiger partial charge in [0.15, 0.2) is 5.82 Å². The lowest BCUT2D eigenvalue weighted by molar-refractivity contribution is 0.0726. The van der Waals surface area contributed by atoms with Gasteiger partial charge in [0.05, 0.1) is 0 Å². The summed E-state index contributed by atoms with van der Waals surface area (Å²) in [6.45, 7) is 4.07. The molecule has 0 radical (unpaired) electrons. The zero-order chi connectivity index (χ0) is 22.1. The molecule has 0 spiro atoms. The Labute approximate surface area is 186 Å². The predicted molar refractivity (Wildman–Crippen MR) is 126 cm³/mol. The highest BCUT2D eigenvalue weighted by molar-refractivity contribution is 6.00. The summed E-state index contributed by atoms with van der Waals surface area (Å²) >= 11 is 0. The minimum absolute atomic E-state index is 0.0655. The molecule has 1 unspecified atom stereocenters. The molecule has 0 aliphatic carbocycles. The van der Waals surface area contributed by atoms with Gasteiger partial charge in [0.25, 0.3) is 5.91 Å². The number of hydrogen-bond donors (Lipinski definition) is 1. The van der Waals surface area contributed by atoms with Gasteiger partial charge < -0.3 is 14.9 Å². The standard InChI is InChI=1S/C26H24N4O2/c1-18-17-29(26(32)20-7-3-2-4-8-20)15-16-30(18)25-23-10-6-5-9-22(23)24(27-28-25)19-11-13-21(31)14-12-19/h2-14,18,31H,15-17H2,1H3. The third-order valence-corrected chi connectivity index (χ3v) is 6.02. The van der Waals surface area contributed by atoms with Crippen molar-refractivity contribution >= 4 is 22.5 Å². The Morgan fingerprint density at radius 2 is 1.56 bits per heavy atom. The molecule has 160 valence electrons. The van der Waals surface area contributed by atoms with E-state index in [1.54, 1.807) is 12.1 Å². The van der Waals surface area contributed by atoms with Crippen LogP contribution in [0.5, 0.6) is 5.75 Å². The summed E-state index contributed by atoms with van der Waals surface area (Å²) in [4.78, 5) is 17.0. The number of piperazine rings is 1. The summed E-state index contributed by atoms with van der Waals surface area (Å²) in [6, 6.07) is 24.7. The van der Waals surface area contributed by atoms with Crippen molar-refractivity contribution in [2.24, 2.45) is 0 Å². The molecular formula is C26H24N4O2. The van der Waals surface area contributed by atoms with E-state index in [4.69, 9.17) is 0 Å². The molecule has 6 nitrogen and oxygen atoms in total. The molecule has 1 aromatic heterocycles. The van der Waals surface area contributed by atoms with Crippen molar-refractivity contribution in [2.45, 2.75) is 13.0 Å². The van der Waals surface area contributed by atoms with E-state index in [1.807, 2.05) is 59.5 Å². The number of carbonyl (C=O) groups is 1. The van der Waals surface area contributed by atoms with E-state index in [0.717, 1.165) is 33.4 Å². The predicted octanol–water partition coefficient (Wildman–Crippen LogP) is 4.35. The molecule has 32 heavy (non-hydrogen) atoms. The largest absolute Gasteiger partial charge is 0.508 e. The van der Waals surface area contributed by atoms with Gasteiger partial charge in [-0.05, 0) is 43.3 Å². The van der Waals surface area contributed by atoms with Crippen molar-refractivity contribution in [3.05, 3.63) is 84.4 Å². The first-order valence-electron chi connectivity index (χ1n) is 10.8. The minimum Gasteiger partial charge on any atom is -0.508 e. The van der Waals surface area contributed by atoms with Crippen molar-refractivity contribution in [2.75, 3.05) is 24.5 Å². The molecule has 1 atom stereocenters. The van der Waals surface area contributed by atoms with Crippen molar-refractivity contribution in [1.82, 2.24) is 15.1 Å². The van der Waals surface area contributed by atoms with Crippen LogP contribution in [-0.2, 0) is 0 Å². The number of fused-ring (bicyclic) bond motifs is 1. The summed E-state index contributed by atoms with van der Waals surface area (Å²) in [5.41, 5.74) is 2.41. The van der Waals surface area contributed by atoms with E-state index in [-0.39, 0.29) is 17.7 Å². The van der Waals surface area contributed by atoms with E-state index in [1.165, 1.54) is 0 Å². The molecule has 1 amide bonds. The van der Waals surface area contributed by atoms with Gasteiger partial charge in [-0.15, -0.1) is 10.2 Å². The van der Waals surface area contributed by atoms with Gasteiger partial charge in [-0.3, -0.25) is 4.79 Å². The Bertz CT molecular complexity index is 1260. The van der Waals surface area contributed by atoms with Crippen LogP contribution in [0.25, 0.3) is 22.0 Å². The average molecular weight is 425 g/mol. The summed E-state index contributed by atoms with van der Waals surface area (Å²) in [7, 11) is 0. The van der Waals surface area contributed by atoms with Crippen LogP contribution in [0.4, 0.5) is 5.82 Å². The molecule has 1 fully saturated rings. The number of rotatable bonds is 3. The Kier molecular flexibility index (Phi) is 5.19. The van der Waals surface area contributed by atoms with Gasteiger partial charge in [-0.1, -0.05) is 42.5 Å². The normalized spacial score (nSPS) is 16.3. The number of carbonyl (C=O) groups excluding carboxylic acids is 1. The molecule has 2 heterocycles. The second-order valence-corrected chi connectivity index (χ2v) is 8.12. The Hall–Kier alpha value is -3.93. The van der Waals surface area contributed by atoms with Gasteiger partial charge >= 0.3 is 0 Å². The number of anilines is 1. The molecule has 1 aliphatic heterocycles. The quantitative estimate of drug-likeness (QED) is 0.529. The van der Waals surface area contributed by atoms with Crippen LogP contribution >= 0.6 is 0 Å². The van der Waals surface area contributed by atoms with Gasteiger partial charge in [-0.2, -0.15) is 0 Å². The lowest BCUT2D eigenvalue weighted by atomic mass is 10.0. The van der Waals surface area contributed by atoms with Gasteiger partial charge in [0.1, 0.15) is 11.4 Å². The average Bonchev–Trinajstić information content (AvgIpc) is 2.84. The molecule has 0 saturated carbocycles. The molecule has 5 rings (SSSR count). The van der Waals surface area contributed by atoms with Crippen molar-refractivity contribution < 1.29 is 9.90 Å². The van der Waals surface area contributed by atoms with Crippen LogP contribution in [0.1, 0.15) is 17.3 Å². The highest BCUT2D eigenvalue weighted by Crippen LogP contribution is 2.33. The summed E-state index contributed by atoms with van der Waals surface area (Å²) in [6.07, 6.45) is 0. The minimum atomic E-state index is 0.0655. The van der Waals surface area contributed by atoms with Crippen molar-refractivity contribution in [1.29, 1.82) is 0 Å². The second-order valence-electron chi connectivity index (χ2n) is 8.12. The Morgan fingerprint density at radius 3 is 2.28 bits per heavy atom. The smallest absolute Gasteiger partial charge is 0.253 e. The topological polar surface area (TPSA) is 69.6 Å². The van der Waals surface area contributed by atoms with E-state index >= 15 is 0 Å².